The van der Waals surface area contributed by atoms with E-state index in [-0.39, 0.29) is 12.3 Å². The fourth-order valence-electron chi connectivity index (χ4n) is 1.15. The zero-order chi connectivity index (χ0) is 11.6. The van der Waals surface area contributed by atoms with Gasteiger partial charge in [-0.2, -0.15) is 13.2 Å². The molecule has 0 saturated heterocycles. The summed E-state index contributed by atoms with van der Waals surface area (Å²) < 4.78 is 35.9. The molecule has 0 radical (unpaired) electrons. The van der Waals surface area contributed by atoms with Crippen LogP contribution in [0.4, 0.5) is 13.2 Å². The summed E-state index contributed by atoms with van der Waals surface area (Å²) in [5.41, 5.74) is -0.722. The number of alkyl halides is 3. The topological polar surface area (TPSA) is 20.3 Å². The fourth-order valence-corrected chi connectivity index (χ4v) is 1.15. The molecule has 14 heavy (non-hydrogen) atoms. The van der Waals surface area contributed by atoms with Crippen molar-refractivity contribution in [2.75, 3.05) is 20.1 Å². The molecule has 0 bridgehead atoms. The predicted octanol–water partition coefficient (Wildman–Crippen LogP) is 2.10. The number of hydrogen-bond acceptors (Lipinski definition) is 2. The molecule has 0 rings (SSSR count). The van der Waals surface area contributed by atoms with Gasteiger partial charge in [0, 0.05) is 12.0 Å². The average Bonchev–Trinajstić information content (AvgIpc) is 1.79. The largest absolute Gasteiger partial charge is 0.401 e. The number of carbonyl (C=O) groups is 1. The van der Waals surface area contributed by atoms with Crippen LogP contribution >= 0.6 is 0 Å². The lowest BCUT2D eigenvalue weighted by atomic mass is 9.88. The highest BCUT2D eigenvalue weighted by Crippen LogP contribution is 2.21. The van der Waals surface area contributed by atoms with Gasteiger partial charge in [-0.05, 0) is 14.0 Å². The minimum Gasteiger partial charge on any atom is -0.299 e. The summed E-state index contributed by atoms with van der Waals surface area (Å²) in [5, 5.41) is 0. The molecule has 0 fully saturated rings. The van der Waals surface area contributed by atoms with Crippen LogP contribution < -0.4 is 0 Å². The second kappa shape index (κ2) is 4.29. The molecule has 0 aliphatic rings. The molecule has 0 N–H and O–H groups in total. The monoisotopic (exact) mass is 211 g/mol. The lowest BCUT2D eigenvalue weighted by Gasteiger charge is -2.28. The van der Waals surface area contributed by atoms with Crippen LogP contribution in [0.3, 0.4) is 0 Å². The molecule has 0 aliphatic carbocycles. The van der Waals surface area contributed by atoms with Crippen LogP contribution in [-0.4, -0.2) is 37.0 Å². The third kappa shape index (κ3) is 5.21. The van der Waals surface area contributed by atoms with E-state index in [2.05, 4.69) is 0 Å². The van der Waals surface area contributed by atoms with Crippen molar-refractivity contribution in [3.63, 3.8) is 0 Å². The number of Topliss-reactive ketones (excluding diaryl/α,β-unsaturated/α-hetero) is 1. The molecule has 0 amide bonds. The lowest BCUT2D eigenvalue weighted by molar-refractivity contribution is -0.148. The third-order valence-electron chi connectivity index (χ3n) is 2.07. The van der Waals surface area contributed by atoms with Gasteiger partial charge in [-0.3, -0.25) is 9.69 Å². The Hall–Kier alpha value is -0.580. The third-order valence-corrected chi connectivity index (χ3v) is 2.07. The molecule has 0 aromatic rings. The zero-order valence-electron chi connectivity index (χ0n) is 8.90. The molecular formula is C9H16F3NO. The summed E-state index contributed by atoms with van der Waals surface area (Å²) in [6.07, 6.45) is -4.21. The van der Waals surface area contributed by atoms with Gasteiger partial charge in [0.25, 0.3) is 0 Å². The molecule has 5 heteroatoms. The fraction of sp³-hybridized carbons (Fsp3) is 0.889. The van der Waals surface area contributed by atoms with Crippen LogP contribution in [0.5, 0.6) is 0 Å². The van der Waals surface area contributed by atoms with E-state index in [0.29, 0.717) is 0 Å². The van der Waals surface area contributed by atoms with E-state index in [1.165, 1.54) is 14.0 Å². The first-order valence-electron chi connectivity index (χ1n) is 4.31. The first-order valence-corrected chi connectivity index (χ1v) is 4.31. The van der Waals surface area contributed by atoms with Gasteiger partial charge >= 0.3 is 6.18 Å². The minimum absolute atomic E-state index is 0.105. The number of halogens is 3. The van der Waals surface area contributed by atoms with E-state index in [9.17, 15) is 18.0 Å². The van der Waals surface area contributed by atoms with Crippen LogP contribution in [0.15, 0.2) is 0 Å². The highest BCUT2D eigenvalue weighted by atomic mass is 19.4. The first-order chi connectivity index (χ1) is 6.04. The van der Waals surface area contributed by atoms with Crippen molar-refractivity contribution in [1.82, 2.24) is 4.90 Å². The van der Waals surface area contributed by atoms with Crippen molar-refractivity contribution in [2.45, 2.75) is 26.9 Å². The quantitative estimate of drug-likeness (QED) is 0.709. The highest BCUT2D eigenvalue weighted by Gasteiger charge is 2.32. The zero-order valence-corrected chi connectivity index (χ0v) is 8.90. The Morgan fingerprint density at radius 3 is 1.93 bits per heavy atom. The van der Waals surface area contributed by atoms with Crippen molar-refractivity contribution in [1.29, 1.82) is 0 Å². The molecule has 0 unspecified atom stereocenters. The molecule has 0 saturated carbocycles. The smallest absolute Gasteiger partial charge is 0.299 e. The summed E-state index contributed by atoms with van der Waals surface area (Å²) in [6, 6.07) is 0. The molecule has 0 spiro atoms. The van der Waals surface area contributed by atoms with Crippen LogP contribution in [0.25, 0.3) is 0 Å². The highest BCUT2D eigenvalue weighted by molar-refractivity contribution is 5.81. The Morgan fingerprint density at radius 2 is 1.64 bits per heavy atom. The second-order valence-corrected chi connectivity index (χ2v) is 4.23. The Kier molecular flexibility index (Phi) is 4.12. The molecule has 0 heterocycles. The van der Waals surface area contributed by atoms with Gasteiger partial charge in [0.1, 0.15) is 5.78 Å². The van der Waals surface area contributed by atoms with Crippen molar-refractivity contribution in [3.8, 4) is 0 Å². The Balaban J connectivity index is 4.19. The Morgan fingerprint density at radius 1 is 1.21 bits per heavy atom. The Labute approximate surface area is 82.1 Å². The second-order valence-electron chi connectivity index (χ2n) is 4.23. The molecule has 0 aromatic carbocycles. The van der Waals surface area contributed by atoms with Gasteiger partial charge < -0.3 is 0 Å². The van der Waals surface area contributed by atoms with Crippen molar-refractivity contribution >= 4 is 5.78 Å². The lowest BCUT2D eigenvalue weighted by Crippen LogP contribution is -2.40. The normalized spacial score (nSPS) is 13.4. The summed E-state index contributed by atoms with van der Waals surface area (Å²) in [6.45, 7) is 3.80. The standard InChI is InChI=1S/C9H16F3NO/c1-7(14)8(2,3)5-13(4)6-9(10,11)12/h5-6H2,1-4H3. The maximum atomic E-state index is 12.0. The molecular weight excluding hydrogens is 195 g/mol. The van der Waals surface area contributed by atoms with Crippen LogP contribution in [0.1, 0.15) is 20.8 Å². The van der Waals surface area contributed by atoms with E-state index in [4.69, 9.17) is 0 Å². The maximum Gasteiger partial charge on any atom is 0.401 e. The number of carbonyl (C=O) groups excluding carboxylic acids is 1. The molecule has 0 atom stereocenters. The molecule has 0 aliphatic heterocycles. The maximum absolute atomic E-state index is 12.0. The molecule has 84 valence electrons. The van der Waals surface area contributed by atoms with Gasteiger partial charge in [0.15, 0.2) is 0 Å². The van der Waals surface area contributed by atoms with Crippen LogP contribution in [0, 0.1) is 5.41 Å². The Bertz CT molecular complexity index is 211. The number of ketones is 1. The van der Waals surface area contributed by atoms with Crippen molar-refractivity contribution in [2.24, 2.45) is 5.41 Å². The summed E-state index contributed by atoms with van der Waals surface area (Å²) >= 11 is 0. The predicted molar refractivity (Wildman–Crippen MR) is 48.0 cm³/mol. The van der Waals surface area contributed by atoms with E-state index in [1.807, 2.05) is 0 Å². The van der Waals surface area contributed by atoms with Gasteiger partial charge in [-0.25, -0.2) is 0 Å². The van der Waals surface area contributed by atoms with Crippen LogP contribution in [0.2, 0.25) is 0 Å². The SMILES string of the molecule is CC(=O)C(C)(C)CN(C)CC(F)(F)F. The summed E-state index contributed by atoms with van der Waals surface area (Å²) in [5.74, 6) is -0.105. The number of hydrogen-bond donors (Lipinski definition) is 0. The van der Waals surface area contributed by atoms with Gasteiger partial charge in [-0.15, -0.1) is 0 Å². The van der Waals surface area contributed by atoms with Gasteiger partial charge in [0.05, 0.1) is 6.54 Å². The first kappa shape index (κ1) is 13.4. The van der Waals surface area contributed by atoms with Crippen LogP contribution in [-0.2, 0) is 4.79 Å². The van der Waals surface area contributed by atoms with E-state index in [0.717, 1.165) is 4.90 Å². The number of rotatable bonds is 4. The van der Waals surface area contributed by atoms with Crippen molar-refractivity contribution < 1.29 is 18.0 Å². The van der Waals surface area contributed by atoms with Crippen molar-refractivity contribution in [3.05, 3.63) is 0 Å². The summed E-state index contributed by atoms with van der Waals surface area (Å²) in [4.78, 5) is 12.2. The van der Waals surface area contributed by atoms with Gasteiger partial charge in [0.2, 0.25) is 0 Å². The van der Waals surface area contributed by atoms with E-state index >= 15 is 0 Å². The molecule has 2 nitrogen and oxygen atoms in total. The number of nitrogens with zero attached hydrogens (tertiary/aromatic N) is 1. The average molecular weight is 211 g/mol. The van der Waals surface area contributed by atoms with E-state index < -0.39 is 18.1 Å². The van der Waals surface area contributed by atoms with E-state index in [1.54, 1.807) is 13.8 Å². The summed E-state index contributed by atoms with van der Waals surface area (Å²) in [7, 11) is 1.36. The van der Waals surface area contributed by atoms with Gasteiger partial charge in [-0.1, -0.05) is 13.8 Å². The minimum atomic E-state index is -4.21. The molecule has 0 aromatic heterocycles.